The van der Waals surface area contributed by atoms with E-state index in [0.29, 0.717) is 10.7 Å². The van der Waals surface area contributed by atoms with E-state index in [9.17, 15) is 4.39 Å². The number of benzene rings is 2. The maximum atomic E-state index is 13.9. The van der Waals surface area contributed by atoms with Crippen LogP contribution in [0.15, 0.2) is 89.5 Å². The molecule has 0 bridgehead atoms. The van der Waals surface area contributed by atoms with Crippen LogP contribution in [0.5, 0.6) is 0 Å². The van der Waals surface area contributed by atoms with Gasteiger partial charge in [0, 0.05) is 17.4 Å². The highest BCUT2D eigenvalue weighted by Crippen LogP contribution is 2.43. The lowest BCUT2D eigenvalue weighted by Crippen LogP contribution is -2.29. The van der Waals surface area contributed by atoms with Gasteiger partial charge in [-0.15, -0.1) is 0 Å². The summed E-state index contributed by atoms with van der Waals surface area (Å²) >= 11 is 5.70. The standard InChI is InChI=1S/C25H20FN3OS/c1-16-15-18(10-11-19(16)26)29-24(23(28-25(29)31)20-9-5-6-14-27-20)22-13-12-21(30-22)17-7-3-2-4-8-17/h2-15,23-24H,1H3,(H,28,31). The van der Waals surface area contributed by atoms with E-state index < -0.39 is 0 Å². The Balaban J connectivity index is 1.61. The van der Waals surface area contributed by atoms with E-state index in [1.165, 1.54) is 6.07 Å². The molecule has 2 unspecified atom stereocenters. The van der Waals surface area contributed by atoms with Gasteiger partial charge in [0.05, 0.1) is 11.7 Å². The second-order valence-corrected chi connectivity index (χ2v) is 7.88. The van der Waals surface area contributed by atoms with E-state index in [2.05, 4.69) is 10.3 Å². The van der Waals surface area contributed by atoms with Gasteiger partial charge in [-0.3, -0.25) is 4.98 Å². The molecule has 1 aliphatic rings. The predicted molar refractivity (Wildman–Crippen MR) is 123 cm³/mol. The number of aryl methyl sites for hydroxylation is 1. The van der Waals surface area contributed by atoms with Crippen LogP contribution < -0.4 is 10.2 Å². The lowest BCUT2D eigenvalue weighted by molar-refractivity contribution is 0.439. The Labute approximate surface area is 185 Å². The minimum atomic E-state index is -0.273. The van der Waals surface area contributed by atoms with Crippen molar-refractivity contribution in [2.45, 2.75) is 19.0 Å². The lowest BCUT2D eigenvalue weighted by Gasteiger charge is -2.26. The smallest absolute Gasteiger partial charge is 0.174 e. The number of aromatic nitrogens is 1. The van der Waals surface area contributed by atoms with Gasteiger partial charge in [0.25, 0.3) is 0 Å². The van der Waals surface area contributed by atoms with Gasteiger partial charge in [-0.2, -0.15) is 0 Å². The Morgan fingerprint density at radius 1 is 1.00 bits per heavy atom. The van der Waals surface area contributed by atoms with Crippen molar-refractivity contribution in [1.82, 2.24) is 10.3 Å². The highest BCUT2D eigenvalue weighted by molar-refractivity contribution is 7.80. The Morgan fingerprint density at radius 2 is 1.81 bits per heavy atom. The van der Waals surface area contributed by atoms with Crippen molar-refractivity contribution in [1.29, 1.82) is 0 Å². The lowest BCUT2D eigenvalue weighted by atomic mass is 10.0. The average Bonchev–Trinajstić information content (AvgIpc) is 3.41. The third-order valence-electron chi connectivity index (χ3n) is 5.49. The summed E-state index contributed by atoms with van der Waals surface area (Å²) < 4.78 is 20.3. The quantitative estimate of drug-likeness (QED) is 0.405. The highest BCUT2D eigenvalue weighted by Gasteiger charge is 2.42. The van der Waals surface area contributed by atoms with Crippen molar-refractivity contribution in [2.75, 3.05) is 4.90 Å². The molecule has 3 heterocycles. The van der Waals surface area contributed by atoms with Crippen molar-refractivity contribution in [2.24, 2.45) is 0 Å². The summed E-state index contributed by atoms with van der Waals surface area (Å²) in [6.45, 7) is 1.75. The molecule has 31 heavy (non-hydrogen) atoms. The Bertz CT molecular complexity index is 1230. The summed E-state index contributed by atoms with van der Waals surface area (Å²) in [5.41, 5.74) is 3.22. The molecule has 1 saturated heterocycles. The molecule has 0 spiro atoms. The van der Waals surface area contributed by atoms with E-state index >= 15 is 0 Å². The Morgan fingerprint density at radius 3 is 2.55 bits per heavy atom. The number of furan rings is 1. The first-order valence-corrected chi connectivity index (χ1v) is 10.4. The molecule has 5 rings (SSSR count). The molecule has 1 aliphatic heterocycles. The number of pyridine rings is 1. The van der Waals surface area contributed by atoms with Crippen LogP contribution in [-0.4, -0.2) is 10.1 Å². The Hall–Kier alpha value is -3.51. The molecule has 0 saturated carbocycles. The third kappa shape index (κ3) is 3.59. The molecule has 4 nitrogen and oxygen atoms in total. The highest BCUT2D eigenvalue weighted by atomic mass is 32.1. The molecular formula is C25H20FN3OS. The fraction of sp³-hybridized carbons (Fsp3) is 0.120. The number of hydrogen-bond donors (Lipinski definition) is 1. The van der Waals surface area contributed by atoms with E-state index in [1.54, 1.807) is 25.3 Å². The molecular weight excluding hydrogens is 409 g/mol. The molecule has 1 N–H and O–H groups in total. The summed E-state index contributed by atoms with van der Waals surface area (Å²) in [6.07, 6.45) is 1.76. The van der Waals surface area contributed by atoms with Crippen LogP contribution in [0, 0.1) is 12.7 Å². The zero-order chi connectivity index (χ0) is 21.4. The summed E-state index contributed by atoms with van der Waals surface area (Å²) in [6, 6.07) is 24.2. The van der Waals surface area contributed by atoms with E-state index in [-0.39, 0.29) is 17.9 Å². The first-order valence-electron chi connectivity index (χ1n) is 10.0. The number of nitrogens with one attached hydrogen (secondary N) is 1. The maximum Gasteiger partial charge on any atom is 0.174 e. The van der Waals surface area contributed by atoms with Gasteiger partial charge in [-0.25, -0.2) is 4.39 Å². The zero-order valence-electron chi connectivity index (χ0n) is 16.8. The molecule has 4 aromatic rings. The SMILES string of the molecule is Cc1cc(N2C(=S)NC(c3ccccn3)C2c2ccc(-c3ccccc3)o2)ccc1F. The van der Waals surface area contributed by atoms with Crippen molar-refractivity contribution in [3.63, 3.8) is 0 Å². The van der Waals surface area contributed by atoms with Crippen molar-refractivity contribution < 1.29 is 8.81 Å². The third-order valence-corrected chi connectivity index (χ3v) is 5.81. The maximum absolute atomic E-state index is 13.9. The number of anilines is 1. The fourth-order valence-corrected chi connectivity index (χ4v) is 4.32. The molecule has 2 atom stereocenters. The normalized spacial score (nSPS) is 18.3. The van der Waals surface area contributed by atoms with Gasteiger partial charge in [-0.1, -0.05) is 36.4 Å². The fourth-order valence-electron chi connectivity index (χ4n) is 3.97. The van der Waals surface area contributed by atoms with Crippen LogP contribution in [0.4, 0.5) is 10.1 Å². The summed E-state index contributed by atoms with van der Waals surface area (Å²) in [5, 5.41) is 3.94. The first-order chi connectivity index (χ1) is 15.1. The van der Waals surface area contributed by atoms with Gasteiger partial charge >= 0.3 is 0 Å². The second kappa shape index (κ2) is 7.96. The Kier molecular flexibility index (Phi) is 5.00. The molecule has 1 fully saturated rings. The van der Waals surface area contributed by atoms with Crippen LogP contribution in [0.3, 0.4) is 0 Å². The van der Waals surface area contributed by atoms with Crippen LogP contribution in [-0.2, 0) is 0 Å². The van der Waals surface area contributed by atoms with Crippen molar-refractivity contribution >= 4 is 23.0 Å². The van der Waals surface area contributed by atoms with Crippen LogP contribution in [0.25, 0.3) is 11.3 Å². The van der Waals surface area contributed by atoms with E-state index in [0.717, 1.165) is 28.5 Å². The van der Waals surface area contributed by atoms with Crippen LogP contribution >= 0.6 is 12.2 Å². The van der Waals surface area contributed by atoms with Gasteiger partial charge in [0.1, 0.15) is 23.4 Å². The zero-order valence-corrected chi connectivity index (χ0v) is 17.6. The molecule has 2 aromatic carbocycles. The number of halogens is 1. The number of thiocarbonyl (C=S) groups is 1. The minimum absolute atomic E-state index is 0.214. The monoisotopic (exact) mass is 429 g/mol. The van der Waals surface area contributed by atoms with E-state index in [1.807, 2.05) is 65.6 Å². The van der Waals surface area contributed by atoms with Gasteiger partial charge < -0.3 is 14.6 Å². The average molecular weight is 430 g/mol. The first kappa shape index (κ1) is 19.5. The molecule has 0 radical (unpaired) electrons. The van der Waals surface area contributed by atoms with Gasteiger partial charge in [-0.05, 0) is 67.2 Å². The molecule has 2 aromatic heterocycles. The number of nitrogens with zero attached hydrogens (tertiary/aromatic N) is 2. The van der Waals surface area contributed by atoms with Gasteiger partial charge in [0.15, 0.2) is 5.11 Å². The molecule has 6 heteroatoms. The summed E-state index contributed by atoms with van der Waals surface area (Å²) in [5.74, 6) is 1.29. The minimum Gasteiger partial charge on any atom is -0.459 e. The van der Waals surface area contributed by atoms with E-state index in [4.69, 9.17) is 16.6 Å². The van der Waals surface area contributed by atoms with Crippen molar-refractivity contribution in [3.8, 4) is 11.3 Å². The predicted octanol–water partition coefficient (Wildman–Crippen LogP) is 5.97. The molecule has 0 aliphatic carbocycles. The second-order valence-electron chi connectivity index (χ2n) is 7.50. The topological polar surface area (TPSA) is 41.3 Å². The number of hydrogen-bond acceptors (Lipinski definition) is 3. The summed E-state index contributed by atoms with van der Waals surface area (Å²) in [7, 11) is 0. The van der Waals surface area contributed by atoms with Crippen LogP contribution in [0.1, 0.15) is 29.1 Å². The van der Waals surface area contributed by atoms with Gasteiger partial charge in [0.2, 0.25) is 0 Å². The largest absolute Gasteiger partial charge is 0.459 e. The van der Waals surface area contributed by atoms with Crippen LogP contribution in [0.2, 0.25) is 0 Å². The summed E-state index contributed by atoms with van der Waals surface area (Å²) in [4.78, 5) is 6.53. The number of rotatable bonds is 4. The molecule has 154 valence electrons. The molecule has 0 amide bonds. The van der Waals surface area contributed by atoms with Crippen molar-refractivity contribution in [3.05, 3.63) is 108 Å².